The smallest absolute Gasteiger partial charge is 0.119 e. The Morgan fingerprint density at radius 3 is 2.29 bits per heavy atom. The van der Waals surface area contributed by atoms with Gasteiger partial charge in [-0.15, -0.1) is 0 Å². The zero-order valence-electron chi connectivity index (χ0n) is 10.9. The van der Waals surface area contributed by atoms with E-state index in [-0.39, 0.29) is 6.10 Å². The molecule has 1 heteroatoms. The third-order valence-corrected chi connectivity index (χ3v) is 2.42. The highest BCUT2D eigenvalue weighted by Crippen LogP contribution is 2.23. The van der Waals surface area contributed by atoms with Crippen LogP contribution in [0.2, 0.25) is 0 Å². The predicted octanol–water partition coefficient (Wildman–Crippen LogP) is 4.62. The minimum absolute atomic E-state index is 0.200. The third-order valence-electron chi connectivity index (χ3n) is 2.42. The van der Waals surface area contributed by atoms with Crippen molar-refractivity contribution < 1.29 is 4.74 Å². The minimum Gasteiger partial charge on any atom is -0.491 e. The summed E-state index contributed by atoms with van der Waals surface area (Å²) in [6.45, 7) is 13.8. The molecule has 0 aromatic heterocycles. The van der Waals surface area contributed by atoms with E-state index in [2.05, 4.69) is 13.2 Å². The molecule has 0 saturated carbocycles. The Morgan fingerprint density at radius 2 is 1.82 bits per heavy atom. The minimum atomic E-state index is 0.200. The van der Waals surface area contributed by atoms with Crippen LogP contribution in [0.5, 0.6) is 5.75 Å². The highest BCUT2D eigenvalue weighted by Gasteiger charge is 2.02. The van der Waals surface area contributed by atoms with Gasteiger partial charge in [0.15, 0.2) is 0 Å². The second-order valence-electron chi connectivity index (χ2n) is 4.25. The lowest BCUT2D eigenvalue weighted by atomic mass is 10.0. The molecule has 0 heterocycles. The van der Waals surface area contributed by atoms with Gasteiger partial charge in [-0.05, 0) is 49.6 Å². The molecule has 0 fully saturated rings. The molecule has 0 saturated heterocycles. The van der Waals surface area contributed by atoms with Gasteiger partial charge in [0.1, 0.15) is 5.75 Å². The first-order chi connectivity index (χ1) is 8.04. The molecule has 0 aliphatic rings. The molecule has 90 valence electrons. The van der Waals surface area contributed by atoms with Crippen molar-refractivity contribution >= 4 is 5.57 Å². The number of allylic oxidation sites excluding steroid dienone is 4. The average molecular weight is 228 g/mol. The lowest BCUT2D eigenvalue weighted by molar-refractivity contribution is 0.242. The largest absolute Gasteiger partial charge is 0.491 e. The van der Waals surface area contributed by atoms with Crippen LogP contribution < -0.4 is 4.74 Å². The summed E-state index contributed by atoms with van der Waals surface area (Å²) in [6, 6.07) is 8.00. The summed E-state index contributed by atoms with van der Waals surface area (Å²) >= 11 is 0. The van der Waals surface area contributed by atoms with E-state index in [0.29, 0.717) is 0 Å². The van der Waals surface area contributed by atoms with Crippen molar-refractivity contribution in [2.45, 2.75) is 26.9 Å². The Balaban J connectivity index is 2.84. The summed E-state index contributed by atoms with van der Waals surface area (Å²) in [5, 5.41) is 0. The highest BCUT2D eigenvalue weighted by atomic mass is 16.5. The maximum Gasteiger partial charge on any atom is 0.119 e. The van der Waals surface area contributed by atoms with Crippen LogP contribution in [-0.4, -0.2) is 6.10 Å². The maximum absolute atomic E-state index is 5.60. The standard InChI is InChI=1S/C16H20O/c1-6-7-13(4)14(5)15-8-10-16(11-9-15)17-12(2)3/h6-12H,1,5H2,2-4H3/b13-7-. The Hall–Kier alpha value is -1.76. The molecule has 0 bridgehead atoms. The summed E-state index contributed by atoms with van der Waals surface area (Å²) in [4.78, 5) is 0. The maximum atomic E-state index is 5.60. The summed E-state index contributed by atoms with van der Waals surface area (Å²) in [7, 11) is 0. The number of rotatable bonds is 5. The van der Waals surface area contributed by atoms with Crippen molar-refractivity contribution in [3.8, 4) is 5.75 Å². The molecular weight excluding hydrogens is 208 g/mol. The van der Waals surface area contributed by atoms with Gasteiger partial charge in [0.25, 0.3) is 0 Å². The Morgan fingerprint density at radius 1 is 1.24 bits per heavy atom. The number of benzene rings is 1. The van der Waals surface area contributed by atoms with Crippen LogP contribution in [0.4, 0.5) is 0 Å². The summed E-state index contributed by atoms with van der Waals surface area (Å²) in [5.74, 6) is 0.891. The molecule has 0 atom stereocenters. The summed E-state index contributed by atoms with van der Waals surface area (Å²) in [5.41, 5.74) is 3.25. The van der Waals surface area contributed by atoms with Crippen LogP contribution in [-0.2, 0) is 0 Å². The van der Waals surface area contributed by atoms with Gasteiger partial charge in [-0.3, -0.25) is 0 Å². The zero-order valence-corrected chi connectivity index (χ0v) is 10.9. The fraction of sp³-hybridized carbons (Fsp3) is 0.250. The lowest BCUT2D eigenvalue weighted by Crippen LogP contribution is -2.05. The van der Waals surface area contributed by atoms with Gasteiger partial charge in [0, 0.05) is 0 Å². The molecule has 17 heavy (non-hydrogen) atoms. The van der Waals surface area contributed by atoms with Crippen molar-refractivity contribution in [1.82, 2.24) is 0 Å². The predicted molar refractivity (Wildman–Crippen MR) is 75.2 cm³/mol. The molecule has 0 radical (unpaired) electrons. The van der Waals surface area contributed by atoms with Crippen LogP contribution in [0.3, 0.4) is 0 Å². The molecule has 0 N–H and O–H groups in total. The van der Waals surface area contributed by atoms with Crippen LogP contribution >= 0.6 is 0 Å². The van der Waals surface area contributed by atoms with E-state index in [0.717, 1.165) is 22.5 Å². The molecular formula is C16H20O. The second-order valence-corrected chi connectivity index (χ2v) is 4.25. The molecule has 1 aromatic carbocycles. The zero-order chi connectivity index (χ0) is 12.8. The molecule has 0 unspecified atom stereocenters. The van der Waals surface area contributed by atoms with Crippen LogP contribution in [0.15, 0.2) is 55.1 Å². The van der Waals surface area contributed by atoms with E-state index >= 15 is 0 Å². The number of hydrogen-bond donors (Lipinski definition) is 0. The molecule has 0 spiro atoms. The molecule has 0 aliphatic heterocycles. The van der Waals surface area contributed by atoms with Crippen molar-refractivity contribution in [1.29, 1.82) is 0 Å². The third kappa shape index (κ3) is 3.95. The van der Waals surface area contributed by atoms with Crippen molar-refractivity contribution in [3.05, 3.63) is 60.7 Å². The normalized spacial score (nSPS) is 11.4. The van der Waals surface area contributed by atoms with Crippen LogP contribution in [0.1, 0.15) is 26.3 Å². The van der Waals surface area contributed by atoms with Crippen molar-refractivity contribution in [3.63, 3.8) is 0 Å². The Bertz CT molecular complexity index is 421. The molecule has 1 nitrogen and oxygen atoms in total. The van der Waals surface area contributed by atoms with Crippen molar-refractivity contribution in [2.24, 2.45) is 0 Å². The fourth-order valence-corrected chi connectivity index (χ4v) is 1.51. The first kappa shape index (κ1) is 13.3. The van der Waals surface area contributed by atoms with Gasteiger partial charge < -0.3 is 4.74 Å². The van der Waals surface area contributed by atoms with E-state index in [1.165, 1.54) is 0 Å². The van der Waals surface area contributed by atoms with Gasteiger partial charge in [-0.2, -0.15) is 0 Å². The van der Waals surface area contributed by atoms with Gasteiger partial charge in [0.2, 0.25) is 0 Å². The van der Waals surface area contributed by atoms with Crippen LogP contribution in [0.25, 0.3) is 5.57 Å². The quantitative estimate of drug-likeness (QED) is 0.668. The van der Waals surface area contributed by atoms with E-state index in [9.17, 15) is 0 Å². The number of ether oxygens (including phenoxy) is 1. The van der Waals surface area contributed by atoms with Crippen LogP contribution in [0, 0.1) is 0 Å². The lowest BCUT2D eigenvalue weighted by Gasteiger charge is -2.11. The monoisotopic (exact) mass is 228 g/mol. The van der Waals surface area contributed by atoms with Gasteiger partial charge >= 0.3 is 0 Å². The van der Waals surface area contributed by atoms with Crippen molar-refractivity contribution in [2.75, 3.05) is 0 Å². The Kier molecular flexibility index (Phi) is 4.77. The van der Waals surface area contributed by atoms with Gasteiger partial charge in [-0.1, -0.05) is 37.4 Å². The molecule has 0 aliphatic carbocycles. The first-order valence-electron chi connectivity index (χ1n) is 5.80. The average Bonchev–Trinajstić information content (AvgIpc) is 2.28. The topological polar surface area (TPSA) is 9.23 Å². The first-order valence-corrected chi connectivity index (χ1v) is 5.80. The van der Waals surface area contributed by atoms with E-state index in [4.69, 9.17) is 4.74 Å². The van der Waals surface area contributed by atoms with E-state index in [1.54, 1.807) is 6.08 Å². The fourth-order valence-electron chi connectivity index (χ4n) is 1.51. The molecule has 0 amide bonds. The Labute approximate surface area is 104 Å². The van der Waals surface area contributed by atoms with E-state index < -0.39 is 0 Å². The summed E-state index contributed by atoms with van der Waals surface area (Å²) in [6.07, 6.45) is 3.93. The van der Waals surface area contributed by atoms with Gasteiger partial charge in [-0.25, -0.2) is 0 Å². The highest BCUT2D eigenvalue weighted by molar-refractivity contribution is 5.77. The summed E-state index contributed by atoms with van der Waals surface area (Å²) < 4.78 is 5.60. The SMILES string of the molecule is C=C/C=C(/C)C(=C)c1ccc(OC(C)C)cc1. The molecule has 1 aromatic rings. The van der Waals surface area contributed by atoms with E-state index in [1.807, 2.05) is 51.1 Å². The second kappa shape index (κ2) is 6.09. The molecule has 1 rings (SSSR count). The van der Waals surface area contributed by atoms with Gasteiger partial charge in [0.05, 0.1) is 6.10 Å². The number of hydrogen-bond acceptors (Lipinski definition) is 1.